The summed E-state index contributed by atoms with van der Waals surface area (Å²) in [5.74, 6) is -2.00. The van der Waals surface area contributed by atoms with Crippen molar-refractivity contribution in [3.63, 3.8) is 0 Å². The molecule has 3 nitrogen and oxygen atoms in total. The van der Waals surface area contributed by atoms with Crippen molar-refractivity contribution in [2.75, 3.05) is 5.32 Å². The number of pyridine rings is 1. The summed E-state index contributed by atoms with van der Waals surface area (Å²) in [5, 5.41) is 2.30. The van der Waals surface area contributed by atoms with Gasteiger partial charge in [0, 0.05) is 11.6 Å². The molecule has 0 radical (unpaired) electrons. The lowest BCUT2D eigenvalue weighted by Crippen LogP contribution is -2.40. The Balaban J connectivity index is 1.72. The average Bonchev–Trinajstić information content (AvgIpc) is 2.51. The second-order valence-corrected chi connectivity index (χ2v) is 5.52. The molecule has 0 bridgehead atoms. The van der Waals surface area contributed by atoms with Crippen LogP contribution in [0.15, 0.2) is 36.7 Å². The number of nitrogens with zero attached hydrogens (tertiary/aromatic N) is 1. The molecule has 0 aliphatic heterocycles. The maximum absolute atomic E-state index is 13.5. The first-order valence-electron chi connectivity index (χ1n) is 7.38. The quantitative estimate of drug-likeness (QED) is 0.869. The van der Waals surface area contributed by atoms with Gasteiger partial charge in [0.05, 0.1) is 0 Å². The molecule has 0 spiro atoms. The maximum Gasteiger partial charge on any atom is 0.290 e. The largest absolute Gasteiger partial charge is 0.316 e. The minimum Gasteiger partial charge on any atom is -0.316 e. The van der Waals surface area contributed by atoms with Gasteiger partial charge >= 0.3 is 0 Å². The molecule has 0 saturated carbocycles. The van der Waals surface area contributed by atoms with E-state index in [0.29, 0.717) is 0 Å². The summed E-state index contributed by atoms with van der Waals surface area (Å²) in [6.45, 7) is 0.0288. The number of hydrogen-bond donors (Lipinski definition) is 1. The summed E-state index contributed by atoms with van der Waals surface area (Å²) < 4.78 is 28.8. The molecule has 1 amide bonds. The highest BCUT2D eigenvalue weighted by Gasteiger charge is 2.18. The summed E-state index contributed by atoms with van der Waals surface area (Å²) in [5.41, 5.74) is 2.17. The zero-order valence-corrected chi connectivity index (χ0v) is 12.1. The third-order valence-corrected chi connectivity index (χ3v) is 3.90. The van der Waals surface area contributed by atoms with Crippen LogP contribution in [-0.2, 0) is 24.2 Å². The molecule has 1 aliphatic carbocycles. The monoisotopic (exact) mass is 303 g/mol. The van der Waals surface area contributed by atoms with Crippen molar-refractivity contribution >= 4 is 11.6 Å². The van der Waals surface area contributed by atoms with Crippen LogP contribution in [0.3, 0.4) is 0 Å². The van der Waals surface area contributed by atoms with E-state index in [0.717, 1.165) is 31.4 Å². The molecular weight excluding hydrogens is 286 g/mol. The number of fused-ring (bicyclic) bond motifs is 1. The molecule has 2 aromatic rings. The van der Waals surface area contributed by atoms with E-state index in [1.807, 2.05) is 18.5 Å². The molecule has 0 fully saturated rings. The Morgan fingerprint density at radius 3 is 2.50 bits per heavy atom. The molecule has 0 saturated heterocycles. The molecule has 0 atom stereocenters. The third-order valence-electron chi connectivity index (χ3n) is 3.90. The molecule has 0 unspecified atom stereocenters. The molecule has 1 aliphatic rings. The van der Waals surface area contributed by atoms with E-state index in [4.69, 9.17) is 0 Å². The first kappa shape index (κ1) is 14.6. The van der Waals surface area contributed by atoms with Crippen LogP contribution in [0, 0.1) is 11.6 Å². The Kier molecular flexibility index (Phi) is 4.13. The minimum atomic E-state index is -0.774. The second-order valence-electron chi connectivity index (χ2n) is 5.52. The van der Waals surface area contributed by atoms with Crippen molar-refractivity contribution in [1.29, 1.82) is 0 Å². The smallest absolute Gasteiger partial charge is 0.290 e. The molecule has 5 heteroatoms. The number of aromatic nitrogens is 1. The Bertz CT molecular complexity index is 696. The van der Waals surface area contributed by atoms with Crippen molar-refractivity contribution < 1.29 is 18.1 Å². The lowest BCUT2D eigenvalue weighted by atomic mass is 9.93. The fraction of sp³-hybridized carbons (Fsp3) is 0.294. The fourth-order valence-corrected chi connectivity index (χ4v) is 2.78. The normalized spacial score (nSPS) is 13.5. The number of amides is 1. The average molecular weight is 303 g/mol. The van der Waals surface area contributed by atoms with Crippen LogP contribution in [0.5, 0.6) is 0 Å². The predicted molar refractivity (Wildman–Crippen MR) is 78.3 cm³/mol. The van der Waals surface area contributed by atoms with Crippen molar-refractivity contribution in [2.24, 2.45) is 0 Å². The number of carbonyl (C=O) groups excluding carboxylic acids is 1. The van der Waals surface area contributed by atoms with E-state index in [1.165, 1.54) is 23.6 Å². The zero-order valence-electron chi connectivity index (χ0n) is 12.1. The van der Waals surface area contributed by atoms with E-state index < -0.39 is 23.2 Å². The van der Waals surface area contributed by atoms with Gasteiger partial charge in [0.1, 0.15) is 17.3 Å². The van der Waals surface area contributed by atoms with Gasteiger partial charge in [-0.15, -0.1) is 0 Å². The third kappa shape index (κ3) is 3.13. The topological polar surface area (TPSA) is 33.0 Å². The second kappa shape index (κ2) is 6.22. The Labute approximate surface area is 127 Å². The van der Waals surface area contributed by atoms with Crippen molar-refractivity contribution in [2.45, 2.75) is 32.2 Å². The highest BCUT2D eigenvalue weighted by Crippen LogP contribution is 2.19. The fourth-order valence-electron chi connectivity index (χ4n) is 2.78. The van der Waals surface area contributed by atoms with Crippen molar-refractivity contribution in [3.05, 3.63) is 59.4 Å². The van der Waals surface area contributed by atoms with Crippen molar-refractivity contribution in [3.8, 4) is 0 Å². The first-order chi connectivity index (χ1) is 10.6. The number of hydrogen-bond acceptors (Lipinski definition) is 1. The van der Waals surface area contributed by atoms with E-state index >= 15 is 0 Å². The molecule has 114 valence electrons. The van der Waals surface area contributed by atoms with Gasteiger partial charge in [0.15, 0.2) is 12.4 Å². The summed E-state index contributed by atoms with van der Waals surface area (Å²) >= 11 is 0. The summed E-state index contributed by atoms with van der Waals surface area (Å²) in [6.07, 6.45) is 8.23. The van der Waals surface area contributed by atoms with Gasteiger partial charge in [0.25, 0.3) is 5.91 Å². The van der Waals surface area contributed by atoms with Gasteiger partial charge in [-0.3, -0.25) is 4.79 Å². The number of carbonyl (C=O) groups is 1. The van der Waals surface area contributed by atoms with Gasteiger partial charge in [-0.2, -0.15) is 4.57 Å². The summed E-state index contributed by atoms with van der Waals surface area (Å²) in [7, 11) is 0. The zero-order chi connectivity index (χ0) is 15.5. The standard InChI is InChI=1S/C17H16F2N2O/c18-14-6-3-7-15(19)17(14)20-16(22)11-21-9-8-12-4-1-2-5-13(12)10-21/h3,6-10H,1-2,4-5,11H2/p+1. The van der Waals surface area contributed by atoms with Gasteiger partial charge in [-0.25, -0.2) is 8.78 Å². The number of halogens is 2. The number of para-hydroxylation sites is 1. The number of benzene rings is 1. The van der Waals surface area contributed by atoms with Gasteiger partial charge < -0.3 is 5.32 Å². The van der Waals surface area contributed by atoms with Gasteiger partial charge in [-0.1, -0.05) is 6.07 Å². The lowest BCUT2D eigenvalue weighted by Gasteiger charge is -2.13. The molecular formula is C17H17F2N2O+. The highest BCUT2D eigenvalue weighted by atomic mass is 19.1. The number of aryl methyl sites for hydroxylation is 2. The van der Waals surface area contributed by atoms with E-state index in [9.17, 15) is 13.6 Å². The van der Waals surface area contributed by atoms with Crippen LogP contribution in [0.2, 0.25) is 0 Å². The SMILES string of the molecule is O=C(C[n+]1ccc2c(c1)CCCC2)Nc1c(F)cccc1F. The minimum absolute atomic E-state index is 0.0288. The van der Waals surface area contributed by atoms with E-state index in [-0.39, 0.29) is 6.54 Å². The van der Waals surface area contributed by atoms with Crippen LogP contribution >= 0.6 is 0 Å². The summed E-state index contributed by atoms with van der Waals surface area (Å²) in [6, 6.07) is 5.51. The van der Waals surface area contributed by atoms with Crippen LogP contribution in [-0.4, -0.2) is 5.91 Å². The number of rotatable bonds is 3. The Morgan fingerprint density at radius 1 is 1.09 bits per heavy atom. The van der Waals surface area contributed by atoms with Crippen LogP contribution < -0.4 is 9.88 Å². The molecule has 3 rings (SSSR count). The van der Waals surface area contributed by atoms with Crippen LogP contribution in [0.1, 0.15) is 24.0 Å². The van der Waals surface area contributed by atoms with Gasteiger partial charge in [0.2, 0.25) is 6.54 Å². The lowest BCUT2D eigenvalue weighted by molar-refractivity contribution is -0.684. The molecule has 1 aromatic heterocycles. The predicted octanol–water partition coefficient (Wildman–Crippen LogP) is 2.77. The van der Waals surface area contributed by atoms with Crippen LogP contribution in [0.25, 0.3) is 0 Å². The molecule has 22 heavy (non-hydrogen) atoms. The molecule has 1 N–H and O–H groups in total. The van der Waals surface area contributed by atoms with Gasteiger partial charge in [-0.05, 0) is 43.4 Å². The van der Waals surface area contributed by atoms with E-state index in [1.54, 1.807) is 4.57 Å². The summed E-state index contributed by atoms with van der Waals surface area (Å²) in [4.78, 5) is 12.0. The maximum atomic E-state index is 13.5. The first-order valence-corrected chi connectivity index (χ1v) is 7.38. The van der Waals surface area contributed by atoms with Crippen LogP contribution in [0.4, 0.5) is 14.5 Å². The molecule has 1 heterocycles. The number of anilines is 1. The number of nitrogens with one attached hydrogen (secondary N) is 1. The van der Waals surface area contributed by atoms with Crippen molar-refractivity contribution in [1.82, 2.24) is 0 Å². The Morgan fingerprint density at radius 2 is 1.77 bits per heavy atom. The highest BCUT2D eigenvalue weighted by molar-refractivity contribution is 5.89. The van der Waals surface area contributed by atoms with E-state index in [2.05, 4.69) is 5.32 Å². The Hall–Kier alpha value is -2.30. The molecule has 1 aromatic carbocycles.